The highest BCUT2D eigenvalue weighted by Gasteiger charge is 2.09. The second-order valence-corrected chi connectivity index (χ2v) is 3.64. The van der Waals surface area contributed by atoms with Crippen molar-refractivity contribution in [3.8, 4) is 0 Å². The van der Waals surface area contributed by atoms with E-state index in [-0.39, 0.29) is 0 Å². The maximum absolute atomic E-state index is 6.05. The summed E-state index contributed by atoms with van der Waals surface area (Å²) in [7, 11) is 3.85. The maximum atomic E-state index is 6.05. The fourth-order valence-corrected chi connectivity index (χ4v) is 1.82. The first kappa shape index (κ1) is 9.49. The molecule has 1 aromatic heterocycles. The van der Waals surface area contributed by atoms with Crippen LogP contribution < -0.4 is 5.32 Å². The van der Waals surface area contributed by atoms with Gasteiger partial charge in [-0.25, -0.2) is 0 Å². The first-order valence-electron chi connectivity index (χ1n) is 4.48. The van der Waals surface area contributed by atoms with E-state index in [1.807, 2.05) is 37.0 Å². The van der Waals surface area contributed by atoms with E-state index >= 15 is 0 Å². The van der Waals surface area contributed by atoms with Crippen LogP contribution in [0.2, 0.25) is 5.02 Å². The zero-order valence-electron chi connectivity index (χ0n) is 8.21. The Morgan fingerprint density at radius 1 is 1.50 bits per heavy atom. The number of halogens is 1. The van der Waals surface area contributed by atoms with Gasteiger partial charge in [0.15, 0.2) is 0 Å². The van der Waals surface area contributed by atoms with Crippen LogP contribution in [0.3, 0.4) is 0 Å². The first-order valence-corrected chi connectivity index (χ1v) is 4.86. The number of benzene rings is 1. The van der Waals surface area contributed by atoms with Crippen LogP contribution in [-0.2, 0) is 13.6 Å². The summed E-state index contributed by atoms with van der Waals surface area (Å²) >= 11 is 6.05. The van der Waals surface area contributed by atoms with Gasteiger partial charge in [0.05, 0.1) is 10.7 Å². The third-order valence-corrected chi connectivity index (χ3v) is 2.59. The molecule has 0 aliphatic carbocycles. The molecule has 14 heavy (non-hydrogen) atoms. The predicted octanol–water partition coefficient (Wildman–Crippen LogP) is 1.95. The molecule has 0 saturated heterocycles. The minimum absolute atomic E-state index is 0.709. The third-order valence-electron chi connectivity index (χ3n) is 2.28. The Bertz CT molecular complexity index is 462. The fourth-order valence-electron chi connectivity index (χ4n) is 1.61. The van der Waals surface area contributed by atoms with Crippen molar-refractivity contribution < 1.29 is 0 Å². The van der Waals surface area contributed by atoms with Crippen molar-refractivity contribution in [2.45, 2.75) is 6.54 Å². The topological polar surface area (TPSA) is 29.9 Å². The summed E-state index contributed by atoms with van der Waals surface area (Å²) in [5.41, 5.74) is 2.03. The number of hydrogen-bond acceptors (Lipinski definition) is 2. The van der Waals surface area contributed by atoms with Crippen LogP contribution in [0, 0.1) is 0 Å². The molecule has 0 fully saturated rings. The lowest BCUT2D eigenvalue weighted by atomic mass is 10.2. The van der Waals surface area contributed by atoms with Gasteiger partial charge in [-0.05, 0) is 13.1 Å². The number of nitrogens with one attached hydrogen (secondary N) is 1. The van der Waals surface area contributed by atoms with E-state index in [1.165, 1.54) is 0 Å². The molecule has 0 saturated carbocycles. The van der Waals surface area contributed by atoms with Crippen LogP contribution in [0.15, 0.2) is 18.2 Å². The molecule has 4 heteroatoms. The van der Waals surface area contributed by atoms with Gasteiger partial charge in [0.25, 0.3) is 0 Å². The van der Waals surface area contributed by atoms with E-state index in [0.29, 0.717) is 5.02 Å². The quantitative estimate of drug-likeness (QED) is 0.820. The van der Waals surface area contributed by atoms with Gasteiger partial charge < -0.3 is 5.32 Å². The van der Waals surface area contributed by atoms with Crippen LogP contribution >= 0.6 is 11.6 Å². The second-order valence-electron chi connectivity index (χ2n) is 3.24. The van der Waals surface area contributed by atoms with E-state index in [2.05, 4.69) is 10.4 Å². The minimum atomic E-state index is 0.709. The van der Waals surface area contributed by atoms with E-state index in [4.69, 9.17) is 11.6 Å². The largest absolute Gasteiger partial charge is 0.314 e. The SMILES string of the molecule is CNCc1c2cccc(Cl)c2nn1C. The summed E-state index contributed by atoms with van der Waals surface area (Å²) in [6.45, 7) is 0.799. The molecular weight excluding hydrogens is 198 g/mol. The average molecular weight is 210 g/mol. The number of aromatic nitrogens is 2. The van der Waals surface area contributed by atoms with Gasteiger partial charge in [-0.1, -0.05) is 23.7 Å². The Morgan fingerprint density at radius 3 is 3.00 bits per heavy atom. The highest BCUT2D eigenvalue weighted by molar-refractivity contribution is 6.35. The fraction of sp³-hybridized carbons (Fsp3) is 0.300. The first-order chi connectivity index (χ1) is 6.74. The normalized spacial score (nSPS) is 11.1. The Kier molecular flexibility index (Phi) is 2.44. The number of fused-ring (bicyclic) bond motifs is 1. The van der Waals surface area contributed by atoms with Gasteiger partial charge in [0, 0.05) is 19.0 Å². The predicted molar refractivity (Wildman–Crippen MR) is 58.5 cm³/mol. The molecule has 1 heterocycles. The van der Waals surface area contributed by atoms with Crippen molar-refractivity contribution in [3.05, 3.63) is 28.9 Å². The monoisotopic (exact) mass is 209 g/mol. The number of aryl methyl sites for hydroxylation is 1. The van der Waals surface area contributed by atoms with Gasteiger partial charge in [-0.2, -0.15) is 5.10 Å². The van der Waals surface area contributed by atoms with Crippen LogP contribution in [0.5, 0.6) is 0 Å². The lowest BCUT2D eigenvalue weighted by molar-refractivity contribution is 0.680. The van der Waals surface area contributed by atoms with E-state index < -0.39 is 0 Å². The molecule has 3 nitrogen and oxygen atoms in total. The van der Waals surface area contributed by atoms with E-state index in [1.54, 1.807) is 0 Å². The van der Waals surface area contributed by atoms with Crippen LogP contribution in [0.4, 0.5) is 0 Å². The molecule has 1 aromatic carbocycles. The molecule has 0 atom stereocenters. The molecule has 2 aromatic rings. The Balaban J connectivity index is 2.70. The van der Waals surface area contributed by atoms with Gasteiger partial charge >= 0.3 is 0 Å². The van der Waals surface area contributed by atoms with Crippen molar-refractivity contribution in [1.29, 1.82) is 0 Å². The second kappa shape index (κ2) is 3.59. The smallest absolute Gasteiger partial charge is 0.111 e. The van der Waals surface area contributed by atoms with Crippen LogP contribution in [0.25, 0.3) is 10.9 Å². The molecule has 74 valence electrons. The Labute approximate surface area is 87.7 Å². The number of rotatable bonds is 2. The highest BCUT2D eigenvalue weighted by atomic mass is 35.5. The van der Waals surface area contributed by atoms with Crippen molar-refractivity contribution in [1.82, 2.24) is 15.1 Å². The van der Waals surface area contributed by atoms with Gasteiger partial charge in [0.1, 0.15) is 5.52 Å². The molecule has 0 bridgehead atoms. The maximum Gasteiger partial charge on any atom is 0.111 e. The lowest BCUT2D eigenvalue weighted by Gasteiger charge is -2.00. The van der Waals surface area contributed by atoms with Crippen LogP contribution in [0.1, 0.15) is 5.69 Å². The third kappa shape index (κ3) is 1.38. The average Bonchev–Trinajstić information content (AvgIpc) is 2.47. The molecule has 0 amide bonds. The molecular formula is C10H12ClN3. The molecule has 0 aliphatic heterocycles. The van der Waals surface area contributed by atoms with Gasteiger partial charge in [-0.3, -0.25) is 4.68 Å². The summed E-state index contributed by atoms with van der Waals surface area (Å²) in [4.78, 5) is 0. The molecule has 2 rings (SSSR count). The molecule has 1 N–H and O–H groups in total. The molecule has 0 aliphatic rings. The van der Waals surface area contributed by atoms with E-state index in [0.717, 1.165) is 23.1 Å². The summed E-state index contributed by atoms with van der Waals surface area (Å²) in [6.07, 6.45) is 0. The Morgan fingerprint density at radius 2 is 2.29 bits per heavy atom. The minimum Gasteiger partial charge on any atom is -0.314 e. The van der Waals surface area contributed by atoms with Crippen LogP contribution in [-0.4, -0.2) is 16.8 Å². The molecule has 0 unspecified atom stereocenters. The highest BCUT2D eigenvalue weighted by Crippen LogP contribution is 2.24. The summed E-state index contributed by atoms with van der Waals surface area (Å²) in [5, 5.41) is 9.32. The van der Waals surface area contributed by atoms with Gasteiger partial charge in [0.2, 0.25) is 0 Å². The van der Waals surface area contributed by atoms with Crippen molar-refractivity contribution >= 4 is 22.5 Å². The van der Waals surface area contributed by atoms with E-state index in [9.17, 15) is 0 Å². The Hall–Kier alpha value is -1.06. The summed E-state index contributed by atoms with van der Waals surface area (Å²) in [5.74, 6) is 0. The summed E-state index contributed by atoms with van der Waals surface area (Å²) < 4.78 is 1.87. The summed E-state index contributed by atoms with van der Waals surface area (Å²) in [6, 6.07) is 5.85. The van der Waals surface area contributed by atoms with Crippen molar-refractivity contribution in [2.24, 2.45) is 7.05 Å². The zero-order chi connectivity index (χ0) is 10.1. The number of nitrogens with zero attached hydrogens (tertiary/aromatic N) is 2. The van der Waals surface area contributed by atoms with Crippen molar-refractivity contribution in [2.75, 3.05) is 7.05 Å². The molecule has 0 radical (unpaired) electrons. The standard InChI is InChI=1S/C10H12ClN3/c1-12-6-9-7-4-3-5-8(11)10(7)13-14(9)2/h3-5,12H,6H2,1-2H3. The lowest BCUT2D eigenvalue weighted by Crippen LogP contribution is -2.09. The van der Waals surface area contributed by atoms with Gasteiger partial charge in [-0.15, -0.1) is 0 Å². The number of hydrogen-bond donors (Lipinski definition) is 1. The van der Waals surface area contributed by atoms with Crippen molar-refractivity contribution in [3.63, 3.8) is 0 Å². The molecule has 0 spiro atoms. The zero-order valence-corrected chi connectivity index (χ0v) is 8.97.